The molecule has 1 aliphatic heterocycles. The Bertz CT molecular complexity index is 472. The quantitative estimate of drug-likeness (QED) is 0.815. The van der Waals surface area contributed by atoms with E-state index in [1.165, 1.54) is 0 Å². The van der Waals surface area contributed by atoms with E-state index in [4.69, 9.17) is 4.74 Å². The summed E-state index contributed by atoms with van der Waals surface area (Å²) in [7, 11) is 0. The third-order valence-electron chi connectivity index (χ3n) is 2.47. The SMILES string of the molecule is O=C1CN(C(=O)OCc2ccccc2)C(=O)CN1. The lowest BCUT2D eigenvalue weighted by molar-refractivity contribution is -0.138. The van der Waals surface area contributed by atoms with Gasteiger partial charge in [-0.1, -0.05) is 30.3 Å². The molecule has 0 bridgehead atoms. The number of imide groups is 1. The van der Waals surface area contributed by atoms with Gasteiger partial charge in [0, 0.05) is 0 Å². The van der Waals surface area contributed by atoms with Crippen molar-refractivity contribution in [3.63, 3.8) is 0 Å². The molecule has 1 N–H and O–H groups in total. The molecule has 1 aromatic rings. The Balaban J connectivity index is 1.91. The molecule has 94 valence electrons. The van der Waals surface area contributed by atoms with Crippen LogP contribution in [0.4, 0.5) is 4.79 Å². The summed E-state index contributed by atoms with van der Waals surface area (Å²) in [6, 6.07) is 9.10. The van der Waals surface area contributed by atoms with Crippen molar-refractivity contribution in [3.05, 3.63) is 35.9 Å². The lowest BCUT2D eigenvalue weighted by Gasteiger charge is -2.23. The van der Waals surface area contributed by atoms with Crippen LogP contribution >= 0.6 is 0 Å². The summed E-state index contributed by atoms with van der Waals surface area (Å²) in [5.74, 6) is -0.834. The van der Waals surface area contributed by atoms with E-state index in [1.54, 1.807) is 12.1 Å². The zero-order chi connectivity index (χ0) is 13.0. The van der Waals surface area contributed by atoms with Crippen LogP contribution in [0.1, 0.15) is 5.56 Å². The molecule has 0 spiro atoms. The van der Waals surface area contributed by atoms with Gasteiger partial charge in [0.15, 0.2) is 0 Å². The molecule has 0 saturated carbocycles. The molecule has 1 aromatic carbocycles. The fraction of sp³-hybridized carbons (Fsp3) is 0.250. The van der Waals surface area contributed by atoms with Gasteiger partial charge in [-0.15, -0.1) is 0 Å². The second kappa shape index (κ2) is 5.31. The number of nitrogens with zero attached hydrogens (tertiary/aromatic N) is 1. The second-order valence-corrected chi connectivity index (χ2v) is 3.80. The van der Waals surface area contributed by atoms with Gasteiger partial charge in [0.05, 0.1) is 6.54 Å². The van der Waals surface area contributed by atoms with Gasteiger partial charge in [-0.2, -0.15) is 0 Å². The topological polar surface area (TPSA) is 75.7 Å². The van der Waals surface area contributed by atoms with E-state index in [1.807, 2.05) is 18.2 Å². The number of piperazine rings is 1. The summed E-state index contributed by atoms with van der Waals surface area (Å²) in [6.45, 7) is -0.378. The average molecular weight is 248 g/mol. The van der Waals surface area contributed by atoms with Crippen LogP contribution in [0.25, 0.3) is 0 Å². The molecule has 0 atom stereocenters. The van der Waals surface area contributed by atoms with Crippen LogP contribution in [-0.4, -0.2) is 35.9 Å². The summed E-state index contributed by atoms with van der Waals surface area (Å²) in [5.41, 5.74) is 0.819. The fourth-order valence-corrected chi connectivity index (χ4v) is 1.52. The summed E-state index contributed by atoms with van der Waals surface area (Å²) in [6.07, 6.45) is -0.793. The van der Waals surface area contributed by atoms with Crippen LogP contribution in [0, 0.1) is 0 Å². The first-order chi connectivity index (χ1) is 8.66. The number of rotatable bonds is 2. The number of hydrogen-bond donors (Lipinski definition) is 1. The van der Waals surface area contributed by atoms with E-state index in [9.17, 15) is 14.4 Å². The molecule has 1 aliphatic rings. The van der Waals surface area contributed by atoms with E-state index in [0.717, 1.165) is 10.5 Å². The molecule has 6 heteroatoms. The Labute approximate surface area is 104 Å². The maximum absolute atomic E-state index is 11.6. The molecule has 1 heterocycles. The van der Waals surface area contributed by atoms with Crippen molar-refractivity contribution in [2.24, 2.45) is 0 Å². The third-order valence-corrected chi connectivity index (χ3v) is 2.47. The lowest BCUT2D eigenvalue weighted by atomic mass is 10.2. The van der Waals surface area contributed by atoms with Gasteiger partial charge in [-0.05, 0) is 5.56 Å². The second-order valence-electron chi connectivity index (χ2n) is 3.80. The van der Waals surface area contributed by atoms with Gasteiger partial charge >= 0.3 is 6.09 Å². The standard InChI is InChI=1S/C12H12N2O4/c15-10-7-14(11(16)6-13-10)12(17)18-8-9-4-2-1-3-5-9/h1-5H,6-8H2,(H,13,15). The van der Waals surface area contributed by atoms with Crippen LogP contribution in [0.2, 0.25) is 0 Å². The van der Waals surface area contributed by atoms with Crippen molar-refractivity contribution in [2.45, 2.75) is 6.61 Å². The smallest absolute Gasteiger partial charge is 0.417 e. The number of carbonyl (C=O) groups excluding carboxylic acids is 3. The van der Waals surface area contributed by atoms with Crippen molar-refractivity contribution in [3.8, 4) is 0 Å². The summed E-state index contributed by atoms with van der Waals surface area (Å²) in [4.78, 5) is 34.9. The molecule has 18 heavy (non-hydrogen) atoms. The highest BCUT2D eigenvalue weighted by Crippen LogP contribution is 2.04. The van der Waals surface area contributed by atoms with Crippen LogP contribution in [0.15, 0.2) is 30.3 Å². The summed E-state index contributed by atoms with van der Waals surface area (Å²) in [5, 5.41) is 2.35. The first-order valence-electron chi connectivity index (χ1n) is 5.44. The monoisotopic (exact) mass is 248 g/mol. The van der Waals surface area contributed by atoms with Crippen molar-refractivity contribution in [1.82, 2.24) is 10.2 Å². The third kappa shape index (κ3) is 2.85. The predicted octanol–water partition coefficient (Wildman–Crippen LogP) is 0.282. The summed E-state index contributed by atoms with van der Waals surface area (Å²) >= 11 is 0. The predicted molar refractivity (Wildman–Crippen MR) is 61.3 cm³/mol. The van der Waals surface area contributed by atoms with Gasteiger partial charge < -0.3 is 10.1 Å². The van der Waals surface area contributed by atoms with E-state index in [-0.39, 0.29) is 25.6 Å². The zero-order valence-electron chi connectivity index (χ0n) is 9.59. The van der Waals surface area contributed by atoms with Crippen LogP contribution in [0.5, 0.6) is 0 Å². The normalized spacial score (nSPS) is 15.2. The number of carbonyl (C=O) groups is 3. The minimum absolute atomic E-state index is 0.0745. The van der Waals surface area contributed by atoms with E-state index in [0.29, 0.717) is 0 Å². The van der Waals surface area contributed by atoms with Gasteiger partial charge in [0.1, 0.15) is 13.2 Å². The maximum Gasteiger partial charge on any atom is 0.417 e. The van der Waals surface area contributed by atoms with Crippen molar-refractivity contribution >= 4 is 17.9 Å². The molecule has 6 nitrogen and oxygen atoms in total. The highest BCUT2D eigenvalue weighted by atomic mass is 16.6. The van der Waals surface area contributed by atoms with Crippen LogP contribution in [0.3, 0.4) is 0 Å². The molecule has 0 unspecified atom stereocenters. The molecule has 1 saturated heterocycles. The lowest BCUT2D eigenvalue weighted by Crippen LogP contribution is -2.53. The molecular weight excluding hydrogens is 236 g/mol. The van der Waals surface area contributed by atoms with Gasteiger partial charge in [-0.3, -0.25) is 9.59 Å². The Morgan fingerprint density at radius 2 is 2.00 bits per heavy atom. The van der Waals surface area contributed by atoms with Gasteiger partial charge in [0.25, 0.3) is 5.91 Å². The Morgan fingerprint density at radius 1 is 1.28 bits per heavy atom. The van der Waals surface area contributed by atoms with E-state index in [2.05, 4.69) is 5.32 Å². The molecular formula is C12H12N2O4. The number of ether oxygens (including phenoxy) is 1. The molecule has 0 radical (unpaired) electrons. The minimum atomic E-state index is -0.793. The van der Waals surface area contributed by atoms with E-state index < -0.39 is 12.0 Å². The first kappa shape index (κ1) is 12.1. The fourth-order valence-electron chi connectivity index (χ4n) is 1.52. The molecule has 0 aliphatic carbocycles. The number of amides is 3. The minimum Gasteiger partial charge on any atom is -0.444 e. The molecule has 0 aromatic heterocycles. The molecule has 2 rings (SSSR count). The van der Waals surface area contributed by atoms with Crippen molar-refractivity contribution < 1.29 is 19.1 Å². The Kier molecular flexibility index (Phi) is 3.57. The Morgan fingerprint density at radius 3 is 2.72 bits per heavy atom. The Hall–Kier alpha value is -2.37. The maximum atomic E-state index is 11.6. The highest BCUT2D eigenvalue weighted by Gasteiger charge is 2.29. The zero-order valence-corrected chi connectivity index (χ0v) is 9.59. The molecule has 1 fully saturated rings. The molecule has 3 amide bonds. The largest absolute Gasteiger partial charge is 0.444 e. The average Bonchev–Trinajstić information content (AvgIpc) is 2.40. The number of hydrogen-bond acceptors (Lipinski definition) is 4. The van der Waals surface area contributed by atoms with Gasteiger partial charge in [0.2, 0.25) is 5.91 Å². The summed E-state index contributed by atoms with van der Waals surface area (Å²) < 4.78 is 4.97. The van der Waals surface area contributed by atoms with E-state index >= 15 is 0 Å². The van der Waals surface area contributed by atoms with Crippen LogP contribution in [-0.2, 0) is 20.9 Å². The first-order valence-corrected chi connectivity index (χ1v) is 5.44. The van der Waals surface area contributed by atoms with Crippen LogP contribution < -0.4 is 5.32 Å². The van der Waals surface area contributed by atoms with Crippen molar-refractivity contribution in [1.29, 1.82) is 0 Å². The van der Waals surface area contributed by atoms with Crippen molar-refractivity contribution in [2.75, 3.05) is 13.1 Å². The van der Waals surface area contributed by atoms with Gasteiger partial charge in [-0.25, -0.2) is 9.69 Å². The number of benzene rings is 1. The number of nitrogens with one attached hydrogen (secondary N) is 1. The highest BCUT2D eigenvalue weighted by molar-refractivity contribution is 6.01.